The summed E-state index contributed by atoms with van der Waals surface area (Å²) in [5.74, 6) is -0.0904. The molecule has 3 N–H and O–H groups in total. The van der Waals surface area contributed by atoms with E-state index in [-0.39, 0.29) is 43.1 Å². The highest BCUT2D eigenvalue weighted by Crippen LogP contribution is 2.17. The average Bonchev–Trinajstić information content (AvgIpc) is 2.66. The number of halogens is 3. The molecule has 1 aliphatic heterocycles. The van der Waals surface area contributed by atoms with Gasteiger partial charge in [-0.25, -0.2) is 0 Å². The van der Waals surface area contributed by atoms with Crippen molar-refractivity contribution in [2.75, 3.05) is 49.9 Å². The van der Waals surface area contributed by atoms with Crippen molar-refractivity contribution in [3.63, 3.8) is 0 Å². The summed E-state index contributed by atoms with van der Waals surface area (Å²) >= 11 is 0. The number of nitrogen functional groups attached to an aromatic ring is 1. The molecule has 2 aromatic carbocycles. The molecule has 1 aliphatic rings. The van der Waals surface area contributed by atoms with Gasteiger partial charge in [0.25, 0.3) is 5.91 Å². The molecule has 2 aromatic rings. The van der Waals surface area contributed by atoms with E-state index in [1.54, 1.807) is 12.1 Å². The van der Waals surface area contributed by atoms with Gasteiger partial charge in [0.2, 0.25) is 0 Å². The molecule has 0 aliphatic carbocycles. The summed E-state index contributed by atoms with van der Waals surface area (Å²) < 4.78 is 0. The van der Waals surface area contributed by atoms with E-state index in [2.05, 4.69) is 46.3 Å². The smallest absolute Gasteiger partial charge is 0.253 e. The summed E-state index contributed by atoms with van der Waals surface area (Å²) in [6.07, 6.45) is 0.947. The fourth-order valence-corrected chi connectivity index (χ4v) is 3.36. The number of aryl methyl sites for hydroxylation is 1. The number of amides is 1. The molecule has 0 unspecified atom stereocenters. The van der Waals surface area contributed by atoms with Crippen LogP contribution in [0.1, 0.15) is 22.3 Å². The molecule has 0 saturated carbocycles. The first-order valence-corrected chi connectivity index (χ1v) is 9.30. The third-order valence-corrected chi connectivity index (χ3v) is 4.88. The molecule has 1 heterocycles. The van der Waals surface area contributed by atoms with Crippen LogP contribution in [0, 0.1) is 6.92 Å². The van der Waals surface area contributed by atoms with Crippen molar-refractivity contribution in [2.24, 2.45) is 0 Å². The highest BCUT2D eigenvalue weighted by molar-refractivity contribution is 5.99. The van der Waals surface area contributed by atoms with Gasteiger partial charge in [-0.05, 0) is 49.7 Å². The van der Waals surface area contributed by atoms with Crippen molar-refractivity contribution in [1.82, 2.24) is 10.2 Å². The predicted molar refractivity (Wildman–Crippen MR) is 129 cm³/mol. The molecule has 0 atom stereocenters. The van der Waals surface area contributed by atoms with Gasteiger partial charge in [0, 0.05) is 44.1 Å². The van der Waals surface area contributed by atoms with Gasteiger partial charge in [0.15, 0.2) is 0 Å². The van der Waals surface area contributed by atoms with Crippen molar-refractivity contribution < 1.29 is 4.79 Å². The SMILES string of the molecule is Cc1cccc(N2CCN(CCCNC(=O)c3ccccc3N)CC2)c1.Cl.Cl.Cl. The average molecular weight is 462 g/mol. The summed E-state index contributed by atoms with van der Waals surface area (Å²) in [6.45, 7) is 8.04. The van der Waals surface area contributed by atoms with Gasteiger partial charge >= 0.3 is 0 Å². The number of hydrogen-bond donors (Lipinski definition) is 2. The Bertz CT molecular complexity index is 752. The Morgan fingerprint density at radius 3 is 2.34 bits per heavy atom. The normalized spacial score (nSPS) is 13.5. The van der Waals surface area contributed by atoms with Crippen LogP contribution in [0.5, 0.6) is 0 Å². The molecule has 1 fully saturated rings. The molecule has 0 spiro atoms. The molecule has 0 bridgehead atoms. The number of benzene rings is 2. The van der Waals surface area contributed by atoms with Crippen LogP contribution >= 0.6 is 37.2 Å². The van der Waals surface area contributed by atoms with Crippen molar-refractivity contribution in [3.8, 4) is 0 Å². The van der Waals surface area contributed by atoms with Gasteiger partial charge in [0.05, 0.1) is 5.56 Å². The largest absolute Gasteiger partial charge is 0.398 e. The van der Waals surface area contributed by atoms with Crippen LogP contribution in [0.25, 0.3) is 0 Å². The van der Waals surface area contributed by atoms with Crippen LogP contribution in [0.4, 0.5) is 11.4 Å². The lowest BCUT2D eigenvalue weighted by atomic mass is 10.1. The zero-order chi connectivity index (χ0) is 18.4. The number of anilines is 2. The van der Waals surface area contributed by atoms with E-state index in [1.807, 2.05) is 12.1 Å². The fourth-order valence-electron chi connectivity index (χ4n) is 3.36. The van der Waals surface area contributed by atoms with E-state index in [9.17, 15) is 4.79 Å². The van der Waals surface area contributed by atoms with Gasteiger partial charge in [-0.15, -0.1) is 37.2 Å². The Morgan fingerprint density at radius 2 is 1.69 bits per heavy atom. The fraction of sp³-hybridized carbons (Fsp3) is 0.381. The molecule has 3 rings (SSSR count). The molecule has 0 radical (unpaired) electrons. The van der Waals surface area contributed by atoms with E-state index >= 15 is 0 Å². The maximum absolute atomic E-state index is 12.1. The van der Waals surface area contributed by atoms with E-state index in [4.69, 9.17) is 5.73 Å². The minimum atomic E-state index is -0.0904. The number of nitrogens with two attached hydrogens (primary N) is 1. The molecule has 162 valence electrons. The first-order valence-electron chi connectivity index (χ1n) is 9.30. The quantitative estimate of drug-likeness (QED) is 0.507. The van der Waals surface area contributed by atoms with Crippen LogP contribution in [0.15, 0.2) is 48.5 Å². The van der Waals surface area contributed by atoms with Gasteiger partial charge in [-0.1, -0.05) is 24.3 Å². The number of para-hydroxylation sites is 1. The Hall–Kier alpha value is -1.66. The van der Waals surface area contributed by atoms with Crippen molar-refractivity contribution >= 4 is 54.5 Å². The number of nitrogens with zero attached hydrogens (tertiary/aromatic N) is 2. The second kappa shape index (κ2) is 13.5. The zero-order valence-electron chi connectivity index (χ0n) is 16.7. The predicted octanol–water partition coefficient (Wildman–Crippen LogP) is 3.78. The molecule has 0 aromatic heterocycles. The molecule has 5 nitrogen and oxygen atoms in total. The number of rotatable bonds is 6. The van der Waals surface area contributed by atoms with Gasteiger partial charge < -0.3 is 16.0 Å². The monoisotopic (exact) mass is 460 g/mol. The van der Waals surface area contributed by atoms with Crippen LogP contribution in [-0.4, -0.2) is 50.1 Å². The first-order chi connectivity index (χ1) is 12.6. The molecule has 29 heavy (non-hydrogen) atoms. The summed E-state index contributed by atoms with van der Waals surface area (Å²) in [5, 5.41) is 2.96. The number of piperazine rings is 1. The van der Waals surface area contributed by atoms with Crippen LogP contribution < -0.4 is 16.0 Å². The lowest BCUT2D eigenvalue weighted by Crippen LogP contribution is -2.47. The summed E-state index contributed by atoms with van der Waals surface area (Å²) in [7, 11) is 0. The van der Waals surface area contributed by atoms with Crippen LogP contribution in [0.3, 0.4) is 0 Å². The third kappa shape index (κ3) is 7.94. The highest BCUT2D eigenvalue weighted by atomic mass is 35.5. The lowest BCUT2D eigenvalue weighted by Gasteiger charge is -2.36. The third-order valence-electron chi connectivity index (χ3n) is 4.88. The van der Waals surface area contributed by atoms with Crippen LogP contribution in [0.2, 0.25) is 0 Å². The summed E-state index contributed by atoms with van der Waals surface area (Å²) in [5.41, 5.74) is 9.54. The number of carbonyl (C=O) groups excluding carboxylic acids is 1. The maximum Gasteiger partial charge on any atom is 0.253 e. The number of nitrogens with one attached hydrogen (secondary N) is 1. The first kappa shape index (κ1) is 27.3. The number of carbonyl (C=O) groups is 1. The molecular weight excluding hydrogens is 431 g/mol. The zero-order valence-corrected chi connectivity index (χ0v) is 19.1. The second-order valence-corrected chi connectivity index (χ2v) is 6.86. The molecular formula is C21H31Cl3N4O. The molecule has 1 amide bonds. The van der Waals surface area contributed by atoms with E-state index < -0.39 is 0 Å². The van der Waals surface area contributed by atoms with Crippen molar-refractivity contribution in [2.45, 2.75) is 13.3 Å². The minimum absolute atomic E-state index is 0. The van der Waals surface area contributed by atoms with E-state index in [0.29, 0.717) is 17.8 Å². The highest BCUT2D eigenvalue weighted by Gasteiger charge is 2.17. The topological polar surface area (TPSA) is 61.6 Å². The summed E-state index contributed by atoms with van der Waals surface area (Å²) in [6, 6.07) is 15.9. The summed E-state index contributed by atoms with van der Waals surface area (Å²) in [4.78, 5) is 17.0. The lowest BCUT2D eigenvalue weighted by molar-refractivity contribution is 0.0952. The van der Waals surface area contributed by atoms with Gasteiger partial charge in [0.1, 0.15) is 0 Å². The van der Waals surface area contributed by atoms with Crippen molar-refractivity contribution in [1.29, 1.82) is 0 Å². The standard InChI is InChI=1S/C21H28N4O.3ClH/c1-17-6-4-7-18(16-17)25-14-12-24(13-15-25)11-5-10-23-21(26)19-8-2-3-9-20(19)22;;;/h2-4,6-9,16H,5,10-15,22H2,1H3,(H,23,26);3*1H. The number of hydrogen-bond acceptors (Lipinski definition) is 4. The Kier molecular flexibility index (Phi) is 12.8. The Labute approximate surface area is 192 Å². The van der Waals surface area contributed by atoms with Gasteiger partial charge in [-0.2, -0.15) is 0 Å². The molecule has 8 heteroatoms. The Morgan fingerprint density at radius 1 is 1.00 bits per heavy atom. The molecule has 1 saturated heterocycles. The van der Waals surface area contributed by atoms with E-state index in [1.165, 1.54) is 11.3 Å². The van der Waals surface area contributed by atoms with Gasteiger partial charge in [-0.3, -0.25) is 9.69 Å². The Balaban J connectivity index is 0.00000261. The van der Waals surface area contributed by atoms with E-state index in [0.717, 1.165) is 39.1 Å². The van der Waals surface area contributed by atoms with Crippen molar-refractivity contribution in [3.05, 3.63) is 59.7 Å². The second-order valence-electron chi connectivity index (χ2n) is 6.86. The maximum atomic E-state index is 12.1. The minimum Gasteiger partial charge on any atom is -0.398 e. The van der Waals surface area contributed by atoms with Crippen LogP contribution in [-0.2, 0) is 0 Å².